The van der Waals surface area contributed by atoms with Gasteiger partial charge in [0.2, 0.25) is 11.8 Å². The van der Waals surface area contributed by atoms with Crippen LogP contribution in [0.25, 0.3) is 0 Å². The fourth-order valence-corrected chi connectivity index (χ4v) is 6.32. The predicted molar refractivity (Wildman–Crippen MR) is 164 cm³/mol. The fourth-order valence-electron chi connectivity index (χ4n) is 5.84. The van der Waals surface area contributed by atoms with Crippen LogP contribution in [0.2, 0.25) is 10.0 Å². The molecule has 10 heteroatoms. The molecule has 224 valence electrons. The van der Waals surface area contributed by atoms with E-state index in [2.05, 4.69) is 36.3 Å². The van der Waals surface area contributed by atoms with Crippen LogP contribution in [0.5, 0.6) is 0 Å². The molecule has 2 saturated heterocycles. The van der Waals surface area contributed by atoms with Crippen molar-refractivity contribution in [2.45, 2.75) is 64.7 Å². The number of carbonyl (C=O) groups is 2. The van der Waals surface area contributed by atoms with Crippen molar-refractivity contribution in [1.82, 2.24) is 20.4 Å². The van der Waals surface area contributed by atoms with Crippen LogP contribution in [0.15, 0.2) is 36.4 Å². The van der Waals surface area contributed by atoms with Gasteiger partial charge in [0.05, 0.1) is 6.17 Å². The minimum Gasteiger partial charge on any atom is -0.368 e. The average molecular weight is 607 g/mol. The second-order valence-electron chi connectivity index (χ2n) is 11.5. The quantitative estimate of drug-likeness (QED) is 0.342. The largest absolute Gasteiger partial charge is 0.368 e. The summed E-state index contributed by atoms with van der Waals surface area (Å²) >= 11 is 12.6. The molecule has 2 aliphatic heterocycles. The van der Waals surface area contributed by atoms with Crippen molar-refractivity contribution in [3.05, 3.63) is 63.4 Å². The first kappa shape index (κ1) is 31.5. The van der Waals surface area contributed by atoms with E-state index in [4.69, 9.17) is 23.2 Å². The molecule has 2 aromatic rings. The van der Waals surface area contributed by atoms with Crippen LogP contribution in [0.1, 0.15) is 57.2 Å². The van der Waals surface area contributed by atoms with Gasteiger partial charge in [0.15, 0.2) is 0 Å². The monoisotopic (exact) mass is 605 g/mol. The molecule has 2 aliphatic rings. The number of amides is 2. The van der Waals surface area contributed by atoms with Crippen molar-refractivity contribution in [2.75, 3.05) is 44.7 Å². The van der Waals surface area contributed by atoms with E-state index in [1.54, 1.807) is 23.1 Å². The van der Waals surface area contributed by atoms with Crippen molar-refractivity contribution in [2.24, 2.45) is 5.92 Å². The van der Waals surface area contributed by atoms with E-state index in [9.17, 15) is 14.0 Å². The lowest BCUT2D eigenvalue weighted by molar-refractivity contribution is -0.143. The normalized spacial score (nSPS) is 18.2. The standard InChI is InChI=1S/C31H42Cl2FN5O2/c1-20(2)16-27(36-21(3)35-4)25-19-24(34)9-10-28(25)37-12-14-38(15-13-37)31(41)29(39-11-5-6-30(39)40)17-22-7-8-23(32)18-26(22)33/h7-10,18-21,27,29,35-36H,5-6,11-17H2,1-4H3. The lowest BCUT2D eigenvalue weighted by atomic mass is 9.94. The fraction of sp³-hybridized carbons (Fsp3) is 0.548. The lowest BCUT2D eigenvalue weighted by Crippen LogP contribution is -2.56. The maximum Gasteiger partial charge on any atom is 0.245 e. The number of likely N-dealkylation sites (tertiary alicyclic amines) is 1. The van der Waals surface area contributed by atoms with Crippen LogP contribution in [0.4, 0.5) is 10.1 Å². The summed E-state index contributed by atoms with van der Waals surface area (Å²) in [7, 11) is 1.90. The number of anilines is 1. The molecule has 2 heterocycles. The van der Waals surface area contributed by atoms with Gasteiger partial charge < -0.3 is 20.0 Å². The Morgan fingerprint density at radius 3 is 2.37 bits per heavy atom. The van der Waals surface area contributed by atoms with E-state index in [1.165, 1.54) is 6.07 Å². The number of carbonyl (C=O) groups excluding carboxylic acids is 2. The molecule has 0 bridgehead atoms. The first-order valence-electron chi connectivity index (χ1n) is 14.6. The Hall–Kier alpha value is -2.39. The summed E-state index contributed by atoms with van der Waals surface area (Å²) in [6, 6.07) is 9.62. The van der Waals surface area contributed by atoms with Crippen molar-refractivity contribution >= 4 is 40.7 Å². The minimum atomic E-state index is -0.612. The van der Waals surface area contributed by atoms with Gasteiger partial charge in [-0.1, -0.05) is 43.1 Å². The predicted octanol–water partition coefficient (Wildman–Crippen LogP) is 5.26. The molecular weight excluding hydrogens is 564 g/mol. The number of hydrogen-bond donors (Lipinski definition) is 2. The van der Waals surface area contributed by atoms with Gasteiger partial charge in [-0.05, 0) is 74.2 Å². The molecule has 2 N–H and O–H groups in total. The molecule has 7 nitrogen and oxygen atoms in total. The van der Waals surface area contributed by atoms with Crippen LogP contribution >= 0.6 is 23.2 Å². The molecule has 0 spiro atoms. The number of hydrogen-bond acceptors (Lipinski definition) is 5. The highest BCUT2D eigenvalue weighted by Gasteiger charge is 2.37. The molecule has 3 atom stereocenters. The summed E-state index contributed by atoms with van der Waals surface area (Å²) in [6.07, 6.45) is 2.46. The summed E-state index contributed by atoms with van der Waals surface area (Å²) < 4.78 is 14.5. The highest BCUT2D eigenvalue weighted by molar-refractivity contribution is 6.35. The Morgan fingerprint density at radius 2 is 1.76 bits per heavy atom. The molecule has 0 aliphatic carbocycles. The lowest BCUT2D eigenvalue weighted by Gasteiger charge is -2.40. The highest BCUT2D eigenvalue weighted by atomic mass is 35.5. The van der Waals surface area contributed by atoms with Crippen LogP contribution in [0.3, 0.4) is 0 Å². The highest BCUT2D eigenvalue weighted by Crippen LogP contribution is 2.33. The average Bonchev–Trinajstić information content (AvgIpc) is 3.37. The topological polar surface area (TPSA) is 67.9 Å². The smallest absolute Gasteiger partial charge is 0.245 e. The first-order valence-corrected chi connectivity index (χ1v) is 15.3. The summed E-state index contributed by atoms with van der Waals surface area (Å²) in [6.45, 7) is 9.20. The summed E-state index contributed by atoms with van der Waals surface area (Å²) in [5, 5.41) is 7.85. The molecule has 0 radical (unpaired) electrons. The third-order valence-electron chi connectivity index (χ3n) is 8.09. The Kier molecular flexibility index (Phi) is 10.9. The summed E-state index contributed by atoms with van der Waals surface area (Å²) in [5.74, 6) is 0.0979. The second-order valence-corrected chi connectivity index (χ2v) is 12.4. The van der Waals surface area contributed by atoms with Gasteiger partial charge in [-0.3, -0.25) is 14.9 Å². The van der Waals surface area contributed by atoms with Gasteiger partial charge in [0.25, 0.3) is 0 Å². The molecule has 41 heavy (non-hydrogen) atoms. The van der Waals surface area contributed by atoms with Crippen LogP contribution < -0.4 is 15.5 Å². The van der Waals surface area contributed by atoms with Crippen LogP contribution in [0, 0.1) is 11.7 Å². The maximum absolute atomic E-state index is 14.5. The van der Waals surface area contributed by atoms with Gasteiger partial charge in [-0.15, -0.1) is 0 Å². The van der Waals surface area contributed by atoms with Gasteiger partial charge in [0, 0.05) is 67.3 Å². The Balaban J connectivity index is 1.52. The van der Waals surface area contributed by atoms with Crippen molar-refractivity contribution in [3.8, 4) is 0 Å². The zero-order valence-corrected chi connectivity index (χ0v) is 25.9. The van der Waals surface area contributed by atoms with E-state index in [0.717, 1.165) is 29.7 Å². The minimum absolute atomic E-state index is 0.00233. The number of rotatable bonds is 11. The SMILES string of the molecule is CNC(C)NC(CC(C)C)c1cc(F)ccc1N1CCN(C(=O)C(Cc2ccc(Cl)cc2Cl)N2CCCC2=O)CC1. The number of nitrogens with one attached hydrogen (secondary N) is 2. The van der Waals surface area contributed by atoms with Crippen molar-refractivity contribution in [1.29, 1.82) is 0 Å². The molecule has 3 unspecified atom stereocenters. The zero-order valence-electron chi connectivity index (χ0n) is 24.4. The number of nitrogens with zero attached hydrogens (tertiary/aromatic N) is 3. The Labute approximate surface area is 253 Å². The molecule has 0 saturated carbocycles. The molecule has 2 amide bonds. The number of benzene rings is 2. The molecule has 0 aromatic heterocycles. The Bertz CT molecular complexity index is 1220. The van der Waals surface area contributed by atoms with Gasteiger partial charge >= 0.3 is 0 Å². The third kappa shape index (κ3) is 7.92. The number of halogens is 3. The molecule has 4 rings (SSSR count). The maximum atomic E-state index is 14.5. The van der Waals surface area contributed by atoms with Crippen LogP contribution in [-0.4, -0.2) is 73.6 Å². The third-order valence-corrected chi connectivity index (χ3v) is 8.67. The van der Waals surface area contributed by atoms with Gasteiger partial charge in [0.1, 0.15) is 11.9 Å². The molecular formula is C31H42Cl2FN5O2. The summed E-state index contributed by atoms with van der Waals surface area (Å²) in [4.78, 5) is 32.5. The second kappa shape index (κ2) is 14.2. The van der Waals surface area contributed by atoms with E-state index in [0.29, 0.717) is 61.5 Å². The van der Waals surface area contributed by atoms with Crippen LogP contribution in [-0.2, 0) is 16.0 Å². The van der Waals surface area contributed by atoms with Gasteiger partial charge in [-0.25, -0.2) is 4.39 Å². The zero-order chi connectivity index (χ0) is 29.7. The number of piperazine rings is 1. The molecule has 2 aromatic carbocycles. The van der Waals surface area contributed by atoms with E-state index >= 15 is 0 Å². The van der Waals surface area contributed by atoms with E-state index in [-0.39, 0.29) is 29.8 Å². The first-order chi connectivity index (χ1) is 19.6. The van der Waals surface area contributed by atoms with E-state index < -0.39 is 6.04 Å². The van der Waals surface area contributed by atoms with Crippen molar-refractivity contribution < 1.29 is 14.0 Å². The van der Waals surface area contributed by atoms with Crippen molar-refractivity contribution in [3.63, 3.8) is 0 Å². The summed E-state index contributed by atoms with van der Waals surface area (Å²) in [5.41, 5.74) is 2.71. The Morgan fingerprint density at radius 1 is 1.02 bits per heavy atom. The van der Waals surface area contributed by atoms with Gasteiger partial charge in [-0.2, -0.15) is 0 Å². The van der Waals surface area contributed by atoms with E-state index in [1.807, 2.05) is 24.1 Å². The molecule has 2 fully saturated rings.